The second-order valence-corrected chi connectivity index (χ2v) is 8.40. The topological polar surface area (TPSA) is 52.6 Å². The van der Waals surface area contributed by atoms with Crippen LogP contribution in [-0.2, 0) is 0 Å². The third-order valence-electron chi connectivity index (χ3n) is 4.97. The van der Waals surface area contributed by atoms with Gasteiger partial charge >= 0.3 is 0 Å². The molecule has 0 amide bonds. The lowest BCUT2D eigenvalue weighted by molar-refractivity contribution is 0.474. The first kappa shape index (κ1) is 21.5. The van der Waals surface area contributed by atoms with Crippen molar-refractivity contribution in [1.29, 1.82) is 0 Å². The molecule has 1 aromatic carbocycles. The van der Waals surface area contributed by atoms with Crippen LogP contribution in [-0.4, -0.2) is 54.3 Å². The average molecular weight is 412 g/mol. The van der Waals surface area contributed by atoms with Gasteiger partial charge in [-0.3, -0.25) is 4.99 Å². The molecule has 29 heavy (non-hydrogen) atoms. The lowest BCUT2D eigenvalue weighted by Crippen LogP contribution is -2.40. The van der Waals surface area contributed by atoms with E-state index in [9.17, 15) is 0 Å². The molecule has 0 spiro atoms. The van der Waals surface area contributed by atoms with Crippen LogP contribution < -0.4 is 10.6 Å². The van der Waals surface area contributed by atoms with Gasteiger partial charge in [-0.1, -0.05) is 24.3 Å². The predicted molar refractivity (Wildman–Crippen MR) is 125 cm³/mol. The molecule has 1 atom stereocenters. The SMILES string of the molecule is CCNC(=NCCCCNc1ccccn1)N1CCC(CSc2ccccc2)C1. The van der Waals surface area contributed by atoms with E-state index in [1.54, 1.807) is 0 Å². The number of nitrogens with zero attached hydrogens (tertiary/aromatic N) is 3. The molecule has 2 aromatic rings. The van der Waals surface area contributed by atoms with Gasteiger partial charge in [0.1, 0.15) is 5.82 Å². The molecule has 6 heteroatoms. The molecule has 2 heterocycles. The summed E-state index contributed by atoms with van der Waals surface area (Å²) in [7, 11) is 0. The second kappa shape index (κ2) is 12.4. The van der Waals surface area contributed by atoms with Crippen molar-refractivity contribution in [2.24, 2.45) is 10.9 Å². The fourth-order valence-corrected chi connectivity index (χ4v) is 4.47. The molecule has 0 radical (unpaired) electrons. The van der Waals surface area contributed by atoms with Gasteiger partial charge in [0.05, 0.1) is 0 Å². The van der Waals surface area contributed by atoms with E-state index >= 15 is 0 Å². The van der Waals surface area contributed by atoms with Crippen LogP contribution >= 0.6 is 11.8 Å². The van der Waals surface area contributed by atoms with Gasteiger partial charge < -0.3 is 15.5 Å². The number of anilines is 1. The van der Waals surface area contributed by atoms with E-state index in [0.29, 0.717) is 0 Å². The number of aliphatic imine (C=N–C) groups is 1. The molecule has 156 valence electrons. The van der Waals surface area contributed by atoms with Crippen molar-refractivity contribution in [3.8, 4) is 0 Å². The molecule has 0 aliphatic carbocycles. The Hall–Kier alpha value is -2.21. The third kappa shape index (κ3) is 7.61. The largest absolute Gasteiger partial charge is 0.370 e. The average Bonchev–Trinajstić information content (AvgIpc) is 3.24. The molecule has 1 aliphatic heterocycles. The van der Waals surface area contributed by atoms with E-state index in [1.165, 1.54) is 17.1 Å². The molecule has 1 aromatic heterocycles. The van der Waals surface area contributed by atoms with Crippen LogP contribution in [0.5, 0.6) is 0 Å². The summed E-state index contributed by atoms with van der Waals surface area (Å²) in [5.74, 6) is 3.93. The zero-order chi connectivity index (χ0) is 20.2. The van der Waals surface area contributed by atoms with Crippen LogP contribution in [0.4, 0.5) is 5.82 Å². The summed E-state index contributed by atoms with van der Waals surface area (Å²) >= 11 is 1.97. The van der Waals surface area contributed by atoms with E-state index in [2.05, 4.69) is 57.8 Å². The number of pyridine rings is 1. The van der Waals surface area contributed by atoms with Gasteiger partial charge in [0, 0.05) is 49.6 Å². The first-order valence-corrected chi connectivity index (χ1v) is 11.7. The van der Waals surface area contributed by atoms with E-state index in [4.69, 9.17) is 4.99 Å². The normalized spacial score (nSPS) is 16.8. The fraction of sp³-hybridized carbons (Fsp3) is 0.478. The van der Waals surface area contributed by atoms with Crippen LogP contribution in [0.1, 0.15) is 26.2 Å². The number of likely N-dealkylation sites (tertiary alicyclic amines) is 1. The molecule has 2 N–H and O–H groups in total. The van der Waals surface area contributed by atoms with Crippen molar-refractivity contribution in [2.75, 3.05) is 43.8 Å². The lowest BCUT2D eigenvalue weighted by Gasteiger charge is -2.21. The van der Waals surface area contributed by atoms with E-state index in [0.717, 1.165) is 63.3 Å². The highest BCUT2D eigenvalue weighted by atomic mass is 32.2. The number of nitrogens with one attached hydrogen (secondary N) is 2. The summed E-state index contributed by atoms with van der Waals surface area (Å²) in [6, 6.07) is 16.7. The van der Waals surface area contributed by atoms with Gasteiger partial charge in [0.2, 0.25) is 0 Å². The van der Waals surface area contributed by atoms with Crippen molar-refractivity contribution in [2.45, 2.75) is 31.1 Å². The number of hydrogen-bond acceptors (Lipinski definition) is 4. The van der Waals surface area contributed by atoms with Crippen LogP contribution in [0.15, 0.2) is 64.6 Å². The maximum atomic E-state index is 4.87. The second-order valence-electron chi connectivity index (χ2n) is 7.31. The zero-order valence-electron chi connectivity index (χ0n) is 17.4. The Morgan fingerprint density at radius 2 is 2.03 bits per heavy atom. The van der Waals surface area contributed by atoms with Crippen LogP contribution in [0, 0.1) is 5.92 Å². The molecule has 0 bridgehead atoms. The Balaban J connectivity index is 1.37. The first-order valence-electron chi connectivity index (χ1n) is 10.7. The summed E-state index contributed by atoms with van der Waals surface area (Å²) in [6.45, 7) is 7.07. The summed E-state index contributed by atoms with van der Waals surface area (Å²) in [5, 5.41) is 6.84. The van der Waals surface area contributed by atoms with Crippen molar-refractivity contribution in [3.05, 3.63) is 54.7 Å². The first-order chi connectivity index (χ1) is 14.3. The molecule has 1 aliphatic rings. The minimum absolute atomic E-state index is 0.728. The Labute approximate surface area is 179 Å². The van der Waals surface area contributed by atoms with Gasteiger partial charge in [-0.25, -0.2) is 4.98 Å². The number of thioether (sulfide) groups is 1. The summed E-state index contributed by atoms with van der Waals surface area (Å²) in [6.07, 6.45) is 5.24. The molecule has 3 rings (SSSR count). The quantitative estimate of drug-likeness (QED) is 0.263. The van der Waals surface area contributed by atoms with Crippen LogP contribution in [0.2, 0.25) is 0 Å². The minimum atomic E-state index is 0.728. The highest BCUT2D eigenvalue weighted by molar-refractivity contribution is 7.99. The van der Waals surface area contributed by atoms with Crippen molar-refractivity contribution in [1.82, 2.24) is 15.2 Å². The standard InChI is InChI=1S/C23H33N5S/c1-2-24-23(27-16-9-8-15-26-22-12-6-7-14-25-22)28-17-13-20(18-28)19-29-21-10-4-3-5-11-21/h3-7,10-12,14,20H,2,8-9,13,15-19H2,1H3,(H,24,27)(H,25,26). The van der Waals surface area contributed by atoms with Gasteiger partial charge in [0.15, 0.2) is 5.96 Å². The number of rotatable bonds is 10. The van der Waals surface area contributed by atoms with Crippen LogP contribution in [0.25, 0.3) is 0 Å². The van der Waals surface area contributed by atoms with Gasteiger partial charge in [-0.05, 0) is 56.4 Å². The molecular formula is C23H33N5S. The predicted octanol–water partition coefficient (Wildman–Crippen LogP) is 4.35. The number of unbranched alkanes of at least 4 members (excludes halogenated alkanes) is 1. The summed E-state index contributed by atoms with van der Waals surface area (Å²) in [5.41, 5.74) is 0. The number of hydrogen-bond donors (Lipinski definition) is 2. The summed E-state index contributed by atoms with van der Waals surface area (Å²) in [4.78, 5) is 13.0. The van der Waals surface area contributed by atoms with Crippen LogP contribution in [0.3, 0.4) is 0 Å². The van der Waals surface area contributed by atoms with Crippen molar-refractivity contribution >= 4 is 23.5 Å². The third-order valence-corrected chi connectivity index (χ3v) is 6.21. The van der Waals surface area contributed by atoms with E-state index in [1.807, 2.05) is 36.2 Å². The Bertz CT molecular complexity index is 723. The summed E-state index contributed by atoms with van der Waals surface area (Å²) < 4.78 is 0. The highest BCUT2D eigenvalue weighted by Crippen LogP contribution is 2.25. The van der Waals surface area contributed by atoms with Gasteiger partial charge in [-0.15, -0.1) is 11.8 Å². The molecular weight excluding hydrogens is 378 g/mol. The lowest BCUT2D eigenvalue weighted by atomic mass is 10.2. The monoisotopic (exact) mass is 411 g/mol. The number of benzene rings is 1. The van der Waals surface area contributed by atoms with E-state index < -0.39 is 0 Å². The van der Waals surface area contributed by atoms with Gasteiger partial charge in [-0.2, -0.15) is 0 Å². The Morgan fingerprint density at radius 1 is 1.17 bits per heavy atom. The number of guanidine groups is 1. The maximum absolute atomic E-state index is 4.87. The zero-order valence-corrected chi connectivity index (χ0v) is 18.2. The molecule has 1 unspecified atom stereocenters. The van der Waals surface area contributed by atoms with Crippen molar-refractivity contribution < 1.29 is 0 Å². The maximum Gasteiger partial charge on any atom is 0.193 e. The Kier molecular flexibility index (Phi) is 9.17. The highest BCUT2D eigenvalue weighted by Gasteiger charge is 2.24. The van der Waals surface area contributed by atoms with Crippen molar-refractivity contribution in [3.63, 3.8) is 0 Å². The fourth-order valence-electron chi connectivity index (χ4n) is 3.42. The molecule has 0 saturated carbocycles. The smallest absolute Gasteiger partial charge is 0.193 e. The molecule has 1 saturated heterocycles. The minimum Gasteiger partial charge on any atom is -0.370 e. The Morgan fingerprint density at radius 3 is 2.83 bits per heavy atom. The van der Waals surface area contributed by atoms with E-state index in [-0.39, 0.29) is 0 Å². The molecule has 1 fully saturated rings. The number of aromatic nitrogens is 1. The molecule has 5 nitrogen and oxygen atoms in total. The van der Waals surface area contributed by atoms with Gasteiger partial charge in [0.25, 0.3) is 0 Å².